The predicted octanol–water partition coefficient (Wildman–Crippen LogP) is 3.42. The van der Waals surface area contributed by atoms with E-state index in [-0.39, 0.29) is 0 Å². The average Bonchev–Trinajstić information content (AvgIpc) is 2.40. The van der Waals surface area contributed by atoms with Gasteiger partial charge in [0, 0.05) is 24.8 Å². The zero-order chi connectivity index (χ0) is 13.0. The molecule has 1 saturated heterocycles. The highest BCUT2D eigenvalue weighted by Gasteiger charge is 2.25. The van der Waals surface area contributed by atoms with Gasteiger partial charge in [-0.1, -0.05) is 32.0 Å². The summed E-state index contributed by atoms with van der Waals surface area (Å²) >= 11 is 0. The summed E-state index contributed by atoms with van der Waals surface area (Å²) in [6.45, 7) is 10.1. The molecule has 1 aliphatic rings. The molecule has 0 amide bonds. The van der Waals surface area contributed by atoms with E-state index in [4.69, 9.17) is 0 Å². The van der Waals surface area contributed by atoms with Crippen LogP contribution < -0.4 is 10.2 Å². The minimum atomic E-state index is 0.654. The summed E-state index contributed by atoms with van der Waals surface area (Å²) in [7, 11) is 0. The molecule has 0 spiro atoms. The van der Waals surface area contributed by atoms with E-state index in [1.54, 1.807) is 0 Å². The van der Waals surface area contributed by atoms with Gasteiger partial charge in [0.2, 0.25) is 0 Å². The maximum Gasteiger partial charge on any atom is 0.0414 e. The number of nitrogens with one attached hydrogen (secondary N) is 1. The van der Waals surface area contributed by atoms with Crippen LogP contribution in [-0.4, -0.2) is 19.1 Å². The summed E-state index contributed by atoms with van der Waals surface area (Å²) in [5.41, 5.74) is 2.86. The molecule has 2 atom stereocenters. The summed E-state index contributed by atoms with van der Waals surface area (Å²) in [6.07, 6.45) is 2.69. The minimum Gasteiger partial charge on any atom is -0.368 e. The van der Waals surface area contributed by atoms with Crippen LogP contribution >= 0.6 is 0 Å². The summed E-state index contributed by atoms with van der Waals surface area (Å²) in [5.74, 6) is 0.797. The van der Waals surface area contributed by atoms with Crippen molar-refractivity contribution in [3.05, 3.63) is 29.8 Å². The van der Waals surface area contributed by atoms with Gasteiger partial charge >= 0.3 is 0 Å². The maximum atomic E-state index is 3.44. The maximum absolute atomic E-state index is 3.44. The van der Waals surface area contributed by atoms with E-state index in [1.807, 2.05) is 0 Å². The van der Waals surface area contributed by atoms with Gasteiger partial charge in [0.15, 0.2) is 0 Å². The number of para-hydroxylation sites is 1. The van der Waals surface area contributed by atoms with Crippen molar-refractivity contribution in [1.82, 2.24) is 5.32 Å². The number of rotatable bonds is 4. The first-order valence-corrected chi connectivity index (χ1v) is 7.29. The molecule has 1 aromatic rings. The molecule has 2 rings (SSSR count). The van der Waals surface area contributed by atoms with Crippen molar-refractivity contribution in [3.8, 4) is 0 Å². The Labute approximate surface area is 111 Å². The molecule has 1 aliphatic heterocycles. The zero-order valence-electron chi connectivity index (χ0n) is 11.9. The standard InChI is InChI=1S/C16H26N2/c1-4-17-12-15-9-5-6-10-16(15)18-11-7-8-13(2)14(18)3/h5-6,9-10,13-14,17H,4,7-8,11-12H2,1-3H3. The lowest BCUT2D eigenvalue weighted by atomic mass is 9.91. The number of anilines is 1. The van der Waals surface area contributed by atoms with E-state index in [1.165, 1.54) is 30.6 Å². The van der Waals surface area contributed by atoms with Gasteiger partial charge in [0.05, 0.1) is 0 Å². The third kappa shape index (κ3) is 2.86. The molecular weight excluding hydrogens is 220 g/mol. The topological polar surface area (TPSA) is 15.3 Å². The lowest BCUT2D eigenvalue weighted by molar-refractivity contribution is 0.363. The minimum absolute atomic E-state index is 0.654. The Morgan fingerprint density at radius 1 is 1.28 bits per heavy atom. The fourth-order valence-electron chi connectivity index (χ4n) is 2.88. The van der Waals surface area contributed by atoms with Crippen molar-refractivity contribution in [1.29, 1.82) is 0 Å². The Hall–Kier alpha value is -1.02. The lowest BCUT2D eigenvalue weighted by Crippen LogP contribution is -2.43. The second kappa shape index (κ2) is 6.24. The third-order valence-corrected chi connectivity index (χ3v) is 4.24. The molecular formula is C16H26N2. The number of hydrogen-bond acceptors (Lipinski definition) is 2. The fourth-order valence-corrected chi connectivity index (χ4v) is 2.88. The zero-order valence-corrected chi connectivity index (χ0v) is 11.9. The predicted molar refractivity (Wildman–Crippen MR) is 79.0 cm³/mol. The Morgan fingerprint density at radius 3 is 2.83 bits per heavy atom. The van der Waals surface area contributed by atoms with Gasteiger partial charge in [0.25, 0.3) is 0 Å². The van der Waals surface area contributed by atoms with Crippen LogP contribution in [0.2, 0.25) is 0 Å². The van der Waals surface area contributed by atoms with Crippen molar-refractivity contribution in [2.24, 2.45) is 5.92 Å². The van der Waals surface area contributed by atoms with Crippen LogP contribution in [0.1, 0.15) is 39.2 Å². The quantitative estimate of drug-likeness (QED) is 0.875. The van der Waals surface area contributed by atoms with Crippen LogP contribution in [0.4, 0.5) is 5.69 Å². The molecule has 1 fully saturated rings. The summed E-state index contributed by atoms with van der Waals surface area (Å²) in [4.78, 5) is 2.60. The van der Waals surface area contributed by atoms with E-state index < -0.39 is 0 Å². The molecule has 1 heterocycles. The molecule has 0 radical (unpaired) electrons. The first kappa shape index (κ1) is 13.4. The monoisotopic (exact) mass is 246 g/mol. The molecule has 1 N–H and O–H groups in total. The molecule has 0 aliphatic carbocycles. The smallest absolute Gasteiger partial charge is 0.0414 e. The highest BCUT2D eigenvalue weighted by atomic mass is 15.2. The van der Waals surface area contributed by atoms with E-state index in [9.17, 15) is 0 Å². The Morgan fingerprint density at radius 2 is 2.06 bits per heavy atom. The van der Waals surface area contributed by atoms with Gasteiger partial charge < -0.3 is 10.2 Å². The van der Waals surface area contributed by atoms with Gasteiger partial charge in [-0.3, -0.25) is 0 Å². The molecule has 0 aromatic heterocycles. The molecule has 0 bridgehead atoms. The van der Waals surface area contributed by atoms with Crippen LogP contribution in [0.3, 0.4) is 0 Å². The summed E-state index contributed by atoms with van der Waals surface area (Å²) < 4.78 is 0. The van der Waals surface area contributed by atoms with E-state index in [2.05, 4.69) is 55.3 Å². The van der Waals surface area contributed by atoms with Crippen LogP contribution in [0, 0.1) is 5.92 Å². The highest BCUT2D eigenvalue weighted by Crippen LogP contribution is 2.30. The second-order valence-corrected chi connectivity index (χ2v) is 5.46. The Balaban J connectivity index is 2.20. The van der Waals surface area contributed by atoms with Gasteiger partial charge in [-0.2, -0.15) is 0 Å². The van der Waals surface area contributed by atoms with Gasteiger partial charge in [-0.25, -0.2) is 0 Å². The van der Waals surface area contributed by atoms with Crippen molar-refractivity contribution in [2.75, 3.05) is 18.0 Å². The highest BCUT2D eigenvalue weighted by molar-refractivity contribution is 5.54. The lowest BCUT2D eigenvalue weighted by Gasteiger charge is -2.40. The van der Waals surface area contributed by atoms with Crippen molar-refractivity contribution in [2.45, 2.75) is 46.2 Å². The van der Waals surface area contributed by atoms with Crippen LogP contribution in [0.5, 0.6) is 0 Å². The Kier molecular flexibility index (Phi) is 4.65. The normalized spacial score (nSPS) is 24.3. The van der Waals surface area contributed by atoms with Crippen LogP contribution in [-0.2, 0) is 6.54 Å². The average molecular weight is 246 g/mol. The number of nitrogens with zero attached hydrogens (tertiary/aromatic N) is 1. The molecule has 100 valence electrons. The van der Waals surface area contributed by atoms with E-state index in [0.29, 0.717) is 6.04 Å². The number of benzene rings is 1. The van der Waals surface area contributed by atoms with Crippen LogP contribution in [0.15, 0.2) is 24.3 Å². The van der Waals surface area contributed by atoms with Crippen molar-refractivity contribution >= 4 is 5.69 Å². The fraction of sp³-hybridized carbons (Fsp3) is 0.625. The number of piperidine rings is 1. The second-order valence-electron chi connectivity index (χ2n) is 5.46. The van der Waals surface area contributed by atoms with Gasteiger partial charge in [-0.15, -0.1) is 0 Å². The van der Waals surface area contributed by atoms with Gasteiger partial charge in [-0.05, 0) is 43.9 Å². The SMILES string of the molecule is CCNCc1ccccc1N1CCCC(C)C1C. The van der Waals surface area contributed by atoms with Gasteiger partial charge in [0.1, 0.15) is 0 Å². The van der Waals surface area contributed by atoms with E-state index in [0.717, 1.165) is 19.0 Å². The van der Waals surface area contributed by atoms with Crippen molar-refractivity contribution < 1.29 is 0 Å². The summed E-state index contributed by atoms with van der Waals surface area (Å²) in [5, 5.41) is 3.44. The molecule has 0 saturated carbocycles. The third-order valence-electron chi connectivity index (χ3n) is 4.24. The molecule has 1 aromatic carbocycles. The Bertz CT molecular complexity index is 375. The van der Waals surface area contributed by atoms with E-state index >= 15 is 0 Å². The molecule has 2 unspecified atom stereocenters. The molecule has 2 heteroatoms. The molecule has 2 nitrogen and oxygen atoms in total. The largest absolute Gasteiger partial charge is 0.368 e. The molecule has 18 heavy (non-hydrogen) atoms. The van der Waals surface area contributed by atoms with Crippen LogP contribution in [0.25, 0.3) is 0 Å². The first-order chi connectivity index (χ1) is 8.74. The number of hydrogen-bond donors (Lipinski definition) is 1. The summed E-state index contributed by atoms with van der Waals surface area (Å²) in [6, 6.07) is 9.50. The first-order valence-electron chi connectivity index (χ1n) is 7.29. The van der Waals surface area contributed by atoms with Crippen molar-refractivity contribution in [3.63, 3.8) is 0 Å².